The fourth-order valence-corrected chi connectivity index (χ4v) is 3.68. The second-order valence-electron chi connectivity index (χ2n) is 6.21. The number of halogens is 1. The van der Waals surface area contributed by atoms with Gasteiger partial charge in [0.15, 0.2) is 5.78 Å². The van der Waals surface area contributed by atoms with Gasteiger partial charge in [0.05, 0.1) is 5.69 Å². The first-order valence-electron chi connectivity index (χ1n) is 7.75. The maximum Gasteiger partial charge on any atom is 0.169 e. The van der Waals surface area contributed by atoms with Crippen LogP contribution in [0, 0.1) is 12.8 Å². The maximum atomic E-state index is 12.9. The zero-order valence-corrected chi connectivity index (χ0v) is 14.2. The van der Waals surface area contributed by atoms with Gasteiger partial charge in [-0.3, -0.25) is 9.48 Å². The zero-order chi connectivity index (χ0) is 15.6. The molecule has 4 nitrogen and oxygen atoms in total. The summed E-state index contributed by atoms with van der Waals surface area (Å²) in [6, 6.07) is 0. The second-order valence-corrected chi connectivity index (χ2v) is 6.57. The van der Waals surface area contributed by atoms with Crippen molar-refractivity contribution in [1.82, 2.24) is 9.78 Å². The molecule has 0 aliphatic heterocycles. The van der Waals surface area contributed by atoms with Gasteiger partial charge >= 0.3 is 0 Å². The molecule has 1 heterocycles. The molecule has 0 aromatic carbocycles. The lowest BCUT2D eigenvalue weighted by Crippen LogP contribution is -2.46. The van der Waals surface area contributed by atoms with Crippen molar-refractivity contribution in [3.05, 3.63) is 16.4 Å². The third-order valence-electron chi connectivity index (χ3n) is 4.49. The molecule has 0 bridgehead atoms. The van der Waals surface area contributed by atoms with Gasteiger partial charge in [0.1, 0.15) is 10.8 Å². The van der Waals surface area contributed by atoms with Gasteiger partial charge in [0, 0.05) is 25.6 Å². The summed E-state index contributed by atoms with van der Waals surface area (Å²) in [4.78, 5) is 12.9. The van der Waals surface area contributed by atoms with Crippen LogP contribution in [0.15, 0.2) is 0 Å². The maximum absolute atomic E-state index is 12.9. The van der Waals surface area contributed by atoms with Crippen LogP contribution in [0.4, 0.5) is 0 Å². The minimum Gasteiger partial charge on any atom is -0.367 e. The Labute approximate surface area is 131 Å². The molecule has 5 heteroatoms. The number of carbonyl (C=O) groups is 1. The number of hydrogen-bond acceptors (Lipinski definition) is 3. The van der Waals surface area contributed by atoms with E-state index >= 15 is 0 Å². The lowest BCUT2D eigenvalue weighted by Gasteiger charge is -2.38. The van der Waals surface area contributed by atoms with Crippen molar-refractivity contribution in [3.8, 4) is 0 Å². The lowest BCUT2D eigenvalue weighted by atomic mass is 9.75. The van der Waals surface area contributed by atoms with Crippen LogP contribution < -0.4 is 0 Å². The summed E-state index contributed by atoms with van der Waals surface area (Å²) in [5, 5.41) is 4.84. The van der Waals surface area contributed by atoms with Gasteiger partial charge in [0.2, 0.25) is 0 Å². The van der Waals surface area contributed by atoms with Crippen LogP contribution in [0.1, 0.15) is 50.8 Å². The quantitative estimate of drug-likeness (QED) is 0.836. The molecule has 0 N–H and O–H groups in total. The minimum atomic E-state index is -0.627. The van der Waals surface area contributed by atoms with E-state index in [1.807, 2.05) is 13.8 Å². The molecular weight excluding hydrogens is 288 g/mol. The number of aromatic nitrogens is 2. The molecule has 0 radical (unpaired) electrons. The topological polar surface area (TPSA) is 44.1 Å². The van der Waals surface area contributed by atoms with Crippen molar-refractivity contribution in [2.45, 2.75) is 58.5 Å². The van der Waals surface area contributed by atoms with Crippen LogP contribution >= 0.6 is 11.6 Å². The highest BCUT2D eigenvalue weighted by Gasteiger charge is 2.42. The summed E-state index contributed by atoms with van der Waals surface area (Å²) in [7, 11) is 1.80. The van der Waals surface area contributed by atoms with E-state index in [9.17, 15) is 4.79 Å². The largest absolute Gasteiger partial charge is 0.367 e. The molecule has 1 saturated carbocycles. The SMILES string of the molecule is CCOC1(C(=O)Cc2c(C)nn(C)c2Cl)CCCC(C)C1. The summed E-state index contributed by atoms with van der Waals surface area (Å²) in [5.41, 5.74) is 1.03. The monoisotopic (exact) mass is 312 g/mol. The Hall–Kier alpha value is -0.870. The predicted octanol–water partition coefficient (Wildman–Crippen LogP) is 3.48. The molecule has 1 fully saturated rings. The van der Waals surface area contributed by atoms with Gasteiger partial charge in [-0.05, 0) is 39.0 Å². The van der Waals surface area contributed by atoms with Crippen molar-refractivity contribution in [2.75, 3.05) is 6.61 Å². The second kappa shape index (κ2) is 6.49. The molecule has 0 spiro atoms. The van der Waals surface area contributed by atoms with Crippen molar-refractivity contribution in [3.63, 3.8) is 0 Å². The number of ketones is 1. The van der Waals surface area contributed by atoms with Crippen LogP contribution in [-0.4, -0.2) is 27.8 Å². The average molecular weight is 313 g/mol. The van der Waals surface area contributed by atoms with E-state index in [1.165, 1.54) is 6.42 Å². The van der Waals surface area contributed by atoms with E-state index in [0.717, 1.165) is 30.5 Å². The molecule has 118 valence electrons. The number of ether oxygens (including phenoxy) is 1. The van der Waals surface area contributed by atoms with Crippen LogP contribution in [0.25, 0.3) is 0 Å². The Balaban J connectivity index is 2.23. The van der Waals surface area contributed by atoms with Crippen molar-refractivity contribution in [1.29, 1.82) is 0 Å². The molecule has 1 aromatic rings. The first kappa shape index (κ1) is 16.5. The number of hydrogen-bond donors (Lipinski definition) is 0. The van der Waals surface area contributed by atoms with E-state index in [0.29, 0.717) is 24.1 Å². The van der Waals surface area contributed by atoms with Crippen LogP contribution in [0.3, 0.4) is 0 Å². The Morgan fingerprint density at radius 3 is 2.81 bits per heavy atom. The Morgan fingerprint density at radius 2 is 2.29 bits per heavy atom. The summed E-state index contributed by atoms with van der Waals surface area (Å²) in [5.74, 6) is 0.675. The van der Waals surface area contributed by atoms with Crippen LogP contribution in [0.5, 0.6) is 0 Å². The van der Waals surface area contributed by atoms with Gasteiger partial charge in [-0.15, -0.1) is 0 Å². The highest BCUT2D eigenvalue weighted by atomic mass is 35.5. The van der Waals surface area contributed by atoms with Crippen molar-refractivity contribution >= 4 is 17.4 Å². The third kappa shape index (κ3) is 3.32. The molecule has 2 atom stereocenters. The normalized spacial score (nSPS) is 26.0. The smallest absolute Gasteiger partial charge is 0.169 e. The van der Waals surface area contributed by atoms with Crippen molar-refractivity contribution in [2.24, 2.45) is 13.0 Å². The van der Waals surface area contributed by atoms with Crippen molar-refractivity contribution < 1.29 is 9.53 Å². The summed E-state index contributed by atoms with van der Waals surface area (Å²) < 4.78 is 7.56. The number of carbonyl (C=O) groups excluding carboxylic acids is 1. The molecule has 2 unspecified atom stereocenters. The standard InChI is InChI=1S/C16H25ClN2O2/c1-5-21-16(8-6-7-11(2)10-16)14(20)9-13-12(3)18-19(4)15(13)17/h11H,5-10H2,1-4H3. The van der Waals surface area contributed by atoms with E-state index < -0.39 is 5.60 Å². The van der Waals surface area contributed by atoms with Gasteiger partial charge in [-0.1, -0.05) is 24.9 Å². The van der Waals surface area contributed by atoms with E-state index in [2.05, 4.69) is 12.0 Å². The Kier molecular flexibility index (Phi) is 5.10. The van der Waals surface area contributed by atoms with Gasteiger partial charge in [0.25, 0.3) is 0 Å². The number of Topliss-reactive ketones (excluding diaryl/α,β-unsaturated/α-hetero) is 1. The molecule has 2 rings (SSSR count). The molecule has 0 amide bonds. The van der Waals surface area contributed by atoms with E-state index in [-0.39, 0.29) is 5.78 Å². The molecule has 1 aliphatic carbocycles. The molecule has 0 saturated heterocycles. The first-order valence-corrected chi connectivity index (χ1v) is 8.12. The predicted molar refractivity (Wildman–Crippen MR) is 83.7 cm³/mol. The van der Waals surface area contributed by atoms with Crippen LogP contribution in [0.2, 0.25) is 5.15 Å². The molecule has 1 aromatic heterocycles. The first-order chi connectivity index (χ1) is 9.89. The highest BCUT2D eigenvalue weighted by molar-refractivity contribution is 6.30. The summed E-state index contributed by atoms with van der Waals surface area (Å²) in [6.45, 7) is 6.61. The van der Waals surface area contributed by atoms with E-state index in [4.69, 9.17) is 16.3 Å². The Morgan fingerprint density at radius 1 is 1.57 bits per heavy atom. The molecule has 21 heavy (non-hydrogen) atoms. The fourth-order valence-electron chi connectivity index (χ4n) is 3.44. The van der Waals surface area contributed by atoms with Gasteiger partial charge < -0.3 is 4.74 Å². The fraction of sp³-hybridized carbons (Fsp3) is 0.750. The lowest BCUT2D eigenvalue weighted by molar-refractivity contribution is -0.150. The van der Waals surface area contributed by atoms with Crippen LogP contribution in [-0.2, 0) is 23.0 Å². The number of aryl methyl sites for hydroxylation is 2. The van der Waals surface area contributed by atoms with Gasteiger partial charge in [-0.2, -0.15) is 5.10 Å². The number of rotatable bonds is 5. The highest BCUT2D eigenvalue weighted by Crippen LogP contribution is 2.37. The van der Waals surface area contributed by atoms with Gasteiger partial charge in [-0.25, -0.2) is 0 Å². The summed E-state index contributed by atoms with van der Waals surface area (Å²) >= 11 is 6.26. The number of nitrogens with zero attached hydrogens (tertiary/aromatic N) is 2. The molecule has 1 aliphatic rings. The zero-order valence-electron chi connectivity index (χ0n) is 13.4. The summed E-state index contributed by atoms with van der Waals surface area (Å²) in [6.07, 6.45) is 4.17. The minimum absolute atomic E-state index is 0.147. The molecular formula is C16H25ClN2O2. The van der Waals surface area contributed by atoms with E-state index in [1.54, 1.807) is 11.7 Å². The average Bonchev–Trinajstić information content (AvgIpc) is 2.65. The third-order valence-corrected chi connectivity index (χ3v) is 4.96. The Bertz CT molecular complexity index is 523.